The second kappa shape index (κ2) is 5.34. The van der Waals surface area contributed by atoms with Crippen molar-refractivity contribution in [3.8, 4) is 11.4 Å². The van der Waals surface area contributed by atoms with Crippen molar-refractivity contribution in [1.82, 2.24) is 19.5 Å². The summed E-state index contributed by atoms with van der Waals surface area (Å²) in [6.07, 6.45) is 7.02. The summed E-state index contributed by atoms with van der Waals surface area (Å²) in [6.45, 7) is 0. The van der Waals surface area contributed by atoms with Gasteiger partial charge in [0.25, 0.3) is 0 Å². The number of hydrogen-bond acceptors (Lipinski definition) is 5. The molecular weight excluding hydrogens is 318 g/mol. The zero-order valence-electron chi connectivity index (χ0n) is 13.1. The second-order valence-corrected chi connectivity index (χ2v) is 6.04. The minimum Gasteiger partial charge on any atom is -0.371 e. The molecule has 6 nitrogen and oxygen atoms in total. The Bertz CT molecular complexity index is 868. The van der Waals surface area contributed by atoms with E-state index in [2.05, 4.69) is 15.1 Å². The maximum Gasteiger partial charge on any atom is 0.353 e. The van der Waals surface area contributed by atoms with Gasteiger partial charge in [0.1, 0.15) is 5.60 Å². The fourth-order valence-corrected chi connectivity index (χ4v) is 3.31. The van der Waals surface area contributed by atoms with Crippen LogP contribution >= 0.6 is 0 Å². The van der Waals surface area contributed by atoms with Gasteiger partial charge >= 0.3 is 11.8 Å². The van der Waals surface area contributed by atoms with Gasteiger partial charge in [-0.2, -0.15) is 13.8 Å². The Morgan fingerprint density at radius 2 is 2.12 bits per heavy atom. The minimum absolute atomic E-state index is 0.123. The smallest absolute Gasteiger partial charge is 0.353 e. The third kappa shape index (κ3) is 2.13. The number of fused-ring (bicyclic) bond motifs is 1. The molecule has 0 aliphatic heterocycles. The monoisotopic (exact) mass is 334 g/mol. The molecule has 1 fully saturated rings. The number of hydrogen-bond donors (Lipinski definition) is 0. The molecule has 1 aliphatic carbocycles. The van der Waals surface area contributed by atoms with Crippen molar-refractivity contribution in [2.45, 2.75) is 37.2 Å². The second-order valence-electron chi connectivity index (χ2n) is 6.04. The molecule has 0 amide bonds. The maximum absolute atomic E-state index is 14.9. The first-order valence-corrected chi connectivity index (χ1v) is 7.75. The Morgan fingerprint density at radius 3 is 2.88 bits per heavy atom. The van der Waals surface area contributed by atoms with Crippen molar-refractivity contribution in [3.63, 3.8) is 0 Å². The molecular formula is C16H16F2N4O2. The molecule has 0 atom stereocenters. The quantitative estimate of drug-likeness (QED) is 0.731. The van der Waals surface area contributed by atoms with E-state index in [1.165, 1.54) is 7.11 Å². The highest BCUT2D eigenvalue weighted by atomic mass is 19.3. The standard InChI is InChI=1S/C16H16F2N4O2/c1-23-15(5-2-3-6-15)16(17,18)14-20-13(21-24-14)11-4-7-22-10-19-9-12(22)8-11/h4,7-10H,2-3,5-6H2,1H3. The van der Waals surface area contributed by atoms with Crippen LogP contribution < -0.4 is 0 Å². The van der Waals surface area contributed by atoms with Crippen molar-refractivity contribution in [2.75, 3.05) is 7.11 Å². The highest BCUT2D eigenvalue weighted by Gasteiger charge is 2.60. The zero-order chi connectivity index (χ0) is 16.8. The molecule has 1 saturated carbocycles. The van der Waals surface area contributed by atoms with Gasteiger partial charge in [-0.15, -0.1) is 0 Å². The molecule has 0 unspecified atom stereocenters. The number of methoxy groups -OCH3 is 1. The average molecular weight is 334 g/mol. The Kier molecular flexibility index (Phi) is 3.38. The largest absolute Gasteiger partial charge is 0.371 e. The van der Waals surface area contributed by atoms with Crippen LogP contribution in [-0.4, -0.2) is 32.2 Å². The SMILES string of the molecule is COC1(C(F)(F)c2nc(-c3ccn4cncc4c3)no2)CCCC1. The molecule has 0 saturated heterocycles. The Morgan fingerprint density at radius 1 is 1.33 bits per heavy atom. The number of alkyl halides is 2. The maximum atomic E-state index is 14.9. The summed E-state index contributed by atoms with van der Waals surface area (Å²) >= 11 is 0. The molecule has 126 valence electrons. The first-order valence-electron chi connectivity index (χ1n) is 7.75. The van der Waals surface area contributed by atoms with Crippen molar-refractivity contribution in [2.24, 2.45) is 0 Å². The number of imidazole rings is 1. The Balaban J connectivity index is 1.71. The van der Waals surface area contributed by atoms with E-state index in [1.807, 2.05) is 0 Å². The van der Waals surface area contributed by atoms with Gasteiger partial charge in [-0.25, -0.2) is 4.98 Å². The molecule has 0 N–H and O–H groups in total. The molecule has 0 radical (unpaired) electrons. The summed E-state index contributed by atoms with van der Waals surface area (Å²) in [7, 11) is 1.31. The fraction of sp³-hybridized carbons (Fsp3) is 0.438. The van der Waals surface area contributed by atoms with Crippen molar-refractivity contribution >= 4 is 5.52 Å². The Labute approximate surface area is 136 Å². The van der Waals surface area contributed by atoms with E-state index in [9.17, 15) is 8.78 Å². The number of nitrogens with zero attached hydrogens (tertiary/aromatic N) is 4. The molecule has 3 heterocycles. The third-order valence-corrected chi connectivity index (χ3v) is 4.74. The Hall–Kier alpha value is -2.35. The number of halogens is 2. The molecule has 8 heteroatoms. The summed E-state index contributed by atoms with van der Waals surface area (Å²) in [6, 6.07) is 3.49. The van der Waals surface area contributed by atoms with Crippen molar-refractivity contribution in [1.29, 1.82) is 0 Å². The molecule has 0 aromatic carbocycles. The van der Waals surface area contributed by atoms with Crippen LogP contribution in [0.5, 0.6) is 0 Å². The zero-order valence-corrected chi connectivity index (χ0v) is 13.1. The van der Waals surface area contributed by atoms with Crippen LogP contribution in [0.2, 0.25) is 0 Å². The van der Waals surface area contributed by atoms with E-state index in [0.717, 1.165) is 5.52 Å². The minimum atomic E-state index is -3.33. The lowest BCUT2D eigenvalue weighted by molar-refractivity contribution is -0.213. The normalized spacial score (nSPS) is 17.6. The fourth-order valence-electron chi connectivity index (χ4n) is 3.31. The lowest BCUT2D eigenvalue weighted by Crippen LogP contribution is -2.45. The van der Waals surface area contributed by atoms with Gasteiger partial charge < -0.3 is 13.7 Å². The van der Waals surface area contributed by atoms with Gasteiger partial charge in [0, 0.05) is 18.9 Å². The molecule has 0 bridgehead atoms. The molecule has 0 spiro atoms. The van der Waals surface area contributed by atoms with E-state index in [4.69, 9.17) is 9.26 Å². The van der Waals surface area contributed by atoms with Crippen LogP contribution in [0.4, 0.5) is 8.78 Å². The predicted octanol–water partition coefficient (Wildman–Crippen LogP) is 3.44. The van der Waals surface area contributed by atoms with E-state index in [1.54, 1.807) is 35.3 Å². The van der Waals surface area contributed by atoms with E-state index in [0.29, 0.717) is 18.4 Å². The number of ether oxygens (including phenoxy) is 1. The molecule has 3 aromatic rings. The molecule has 24 heavy (non-hydrogen) atoms. The van der Waals surface area contributed by atoms with Gasteiger partial charge in [0.05, 0.1) is 18.0 Å². The summed E-state index contributed by atoms with van der Waals surface area (Å²) in [5.74, 6) is -3.91. The van der Waals surface area contributed by atoms with Crippen molar-refractivity contribution in [3.05, 3.63) is 36.7 Å². The van der Waals surface area contributed by atoms with Crippen molar-refractivity contribution < 1.29 is 18.0 Å². The first-order chi connectivity index (χ1) is 11.6. The predicted molar refractivity (Wildman–Crippen MR) is 80.6 cm³/mol. The van der Waals surface area contributed by atoms with Crippen LogP contribution in [0, 0.1) is 0 Å². The van der Waals surface area contributed by atoms with Crippen LogP contribution in [0.1, 0.15) is 31.6 Å². The van der Waals surface area contributed by atoms with Gasteiger partial charge in [-0.05, 0) is 25.0 Å². The van der Waals surface area contributed by atoms with Crippen LogP contribution in [-0.2, 0) is 10.7 Å². The summed E-state index contributed by atoms with van der Waals surface area (Å²) in [4.78, 5) is 7.96. The molecule has 1 aliphatic rings. The summed E-state index contributed by atoms with van der Waals surface area (Å²) < 4.78 is 41.7. The highest BCUT2D eigenvalue weighted by Crippen LogP contribution is 2.49. The van der Waals surface area contributed by atoms with Crippen LogP contribution in [0.15, 0.2) is 35.4 Å². The third-order valence-electron chi connectivity index (χ3n) is 4.74. The number of pyridine rings is 1. The average Bonchev–Trinajstić information content (AvgIpc) is 3.33. The molecule has 3 aromatic heterocycles. The van der Waals surface area contributed by atoms with E-state index < -0.39 is 17.4 Å². The number of aromatic nitrogens is 4. The lowest BCUT2D eigenvalue weighted by atomic mass is 9.93. The lowest BCUT2D eigenvalue weighted by Gasteiger charge is -2.33. The van der Waals surface area contributed by atoms with Crippen LogP contribution in [0.3, 0.4) is 0 Å². The first kappa shape index (κ1) is 15.2. The van der Waals surface area contributed by atoms with Gasteiger partial charge in [-0.1, -0.05) is 18.0 Å². The van der Waals surface area contributed by atoms with Gasteiger partial charge in [0.2, 0.25) is 5.82 Å². The van der Waals surface area contributed by atoms with Crippen LogP contribution in [0.25, 0.3) is 16.9 Å². The topological polar surface area (TPSA) is 65.5 Å². The van der Waals surface area contributed by atoms with E-state index in [-0.39, 0.29) is 18.7 Å². The molecule has 4 rings (SSSR count). The van der Waals surface area contributed by atoms with Gasteiger partial charge in [0.15, 0.2) is 0 Å². The summed E-state index contributed by atoms with van der Waals surface area (Å²) in [5, 5.41) is 3.73. The summed E-state index contributed by atoms with van der Waals surface area (Å²) in [5.41, 5.74) is -0.159. The number of rotatable bonds is 4. The highest BCUT2D eigenvalue weighted by molar-refractivity contribution is 5.62. The van der Waals surface area contributed by atoms with Gasteiger partial charge in [-0.3, -0.25) is 0 Å². The van der Waals surface area contributed by atoms with E-state index >= 15 is 0 Å².